The van der Waals surface area contributed by atoms with Crippen LogP contribution in [0, 0.1) is 0 Å². The van der Waals surface area contributed by atoms with Gasteiger partial charge in [0, 0.05) is 0 Å². The second-order valence-corrected chi connectivity index (χ2v) is 9.29. The number of nitrogens with zero attached hydrogens (tertiary/aromatic N) is 3. The van der Waals surface area contributed by atoms with E-state index in [1.807, 2.05) is 27.7 Å². The van der Waals surface area contributed by atoms with Crippen molar-refractivity contribution in [3.8, 4) is 0 Å². The first-order valence-electron chi connectivity index (χ1n) is 15.4. The average molecular weight is 618 g/mol. The predicted molar refractivity (Wildman–Crippen MR) is 168 cm³/mol. The number of nitrogens with two attached hydrogens (primary N) is 1. The van der Waals surface area contributed by atoms with Gasteiger partial charge in [-0.1, -0.05) is 40.5 Å². The summed E-state index contributed by atoms with van der Waals surface area (Å²) in [5, 5.41) is 21.5. The zero-order valence-electron chi connectivity index (χ0n) is 26.4. The molecule has 3 atom stereocenters. The first-order chi connectivity index (χ1) is 21.5. The summed E-state index contributed by atoms with van der Waals surface area (Å²) in [5.41, 5.74) is 6.51. The van der Waals surface area contributed by atoms with Gasteiger partial charge in [-0.2, -0.15) is 0 Å². The number of imidazole rings is 3. The van der Waals surface area contributed by atoms with Crippen LogP contribution in [-0.4, -0.2) is 79.0 Å². The SMILES string of the molecule is CC.CC.NCCCCNCCCCCCNC(C(=O)NC(C(=O)NC(C(=O)O)c1cnc[nH]1)c1cnc[nH]1)c1cnc[nH]1. The molecule has 10 N–H and O–H groups in total. The van der Waals surface area contributed by atoms with Gasteiger partial charge in [-0.05, 0) is 51.9 Å². The lowest BCUT2D eigenvalue weighted by molar-refractivity contribution is -0.142. The maximum absolute atomic E-state index is 13.4. The Morgan fingerprint density at radius 3 is 1.59 bits per heavy atom. The Kier molecular flexibility index (Phi) is 20.2. The quantitative estimate of drug-likeness (QED) is 0.0839. The summed E-state index contributed by atoms with van der Waals surface area (Å²) in [6.45, 7) is 11.2. The highest BCUT2D eigenvalue weighted by Crippen LogP contribution is 2.17. The average Bonchev–Trinajstić information content (AvgIpc) is 3.86. The minimum atomic E-state index is -1.39. The Labute approximate surface area is 259 Å². The first-order valence-corrected chi connectivity index (χ1v) is 15.4. The number of carbonyl (C=O) groups is 3. The molecular weight excluding hydrogens is 566 g/mol. The zero-order valence-corrected chi connectivity index (χ0v) is 26.4. The maximum Gasteiger partial charge on any atom is 0.332 e. The van der Waals surface area contributed by atoms with Crippen molar-refractivity contribution in [3.63, 3.8) is 0 Å². The van der Waals surface area contributed by atoms with Crippen LogP contribution in [0.4, 0.5) is 0 Å². The van der Waals surface area contributed by atoms with E-state index in [4.69, 9.17) is 5.73 Å². The van der Waals surface area contributed by atoms with Crippen LogP contribution >= 0.6 is 0 Å². The normalized spacial score (nSPS) is 12.5. The van der Waals surface area contributed by atoms with Crippen LogP contribution in [0.3, 0.4) is 0 Å². The maximum atomic E-state index is 13.4. The summed E-state index contributed by atoms with van der Waals surface area (Å²) in [4.78, 5) is 58.7. The number of hydrogen-bond donors (Lipinski definition) is 9. The Bertz CT molecular complexity index is 1120. The van der Waals surface area contributed by atoms with E-state index < -0.39 is 35.9 Å². The summed E-state index contributed by atoms with van der Waals surface area (Å²) in [7, 11) is 0. The third-order valence-corrected chi connectivity index (χ3v) is 6.27. The number of hydrogen-bond acceptors (Lipinski definition) is 9. The first kappa shape index (κ1) is 37.9. The molecule has 15 heteroatoms. The van der Waals surface area contributed by atoms with Crippen LogP contribution in [0.5, 0.6) is 0 Å². The molecule has 0 bridgehead atoms. The lowest BCUT2D eigenvalue weighted by atomic mass is 10.1. The molecule has 0 fully saturated rings. The third-order valence-electron chi connectivity index (χ3n) is 6.27. The molecular formula is C29H51N11O4. The van der Waals surface area contributed by atoms with Crippen molar-refractivity contribution in [1.82, 2.24) is 51.2 Å². The molecule has 2 amide bonds. The third kappa shape index (κ3) is 13.5. The number of nitrogens with one attached hydrogen (secondary N) is 7. The summed E-state index contributed by atoms with van der Waals surface area (Å²) in [6.07, 6.45) is 14.5. The highest BCUT2D eigenvalue weighted by Gasteiger charge is 2.32. The molecule has 3 aromatic heterocycles. The fraction of sp³-hybridized carbons (Fsp3) is 0.586. The molecule has 3 rings (SSSR count). The van der Waals surface area contributed by atoms with Crippen molar-refractivity contribution >= 4 is 17.8 Å². The number of carboxylic acids is 1. The molecule has 44 heavy (non-hydrogen) atoms. The Morgan fingerprint density at radius 1 is 0.682 bits per heavy atom. The Balaban J connectivity index is 0.00000232. The van der Waals surface area contributed by atoms with Crippen molar-refractivity contribution in [3.05, 3.63) is 54.7 Å². The second kappa shape index (κ2) is 23.4. The predicted octanol–water partition coefficient (Wildman–Crippen LogP) is 2.23. The number of unbranched alkanes of at least 4 members (excludes halogenated alkanes) is 4. The van der Waals surface area contributed by atoms with E-state index in [9.17, 15) is 19.5 Å². The molecule has 0 spiro atoms. The van der Waals surface area contributed by atoms with Crippen molar-refractivity contribution in [2.24, 2.45) is 5.73 Å². The van der Waals surface area contributed by atoms with Gasteiger partial charge in [0.1, 0.15) is 12.1 Å². The minimum absolute atomic E-state index is 0.190. The molecule has 0 saturated carbocycles. The second-order valence-electron chi connectivity index (χ2n) is 9.29. The van der Waals surface area contributed by atoms with Gasteiger partial charge in [0.05, 0.1) is 54.7 Å². The van der Waals surface area contributed by atoms with E-state index in [0.717, 1.165) is 58.2 Å². The van der Waals surface area contributed by atoms with Crippen molar-refractivity contribution in [2.45, 2.75) is 84.3 Å². The number of carbonyl (C=O) groups excluding carboxylic acids is 2. The van der Waals surface area contributed by atoms with Gasteiger partial charge < -0.3 is 47.1 Å². The monoisotopic (exact) mass is 617 g/mol. The van der Waals surface area contributed by atoms with Crippen LogP contribution in [0.15, 0.2) is 37.6 Å². The van der Waals surface area contributed by atoms with Crippen molar-refractivity contribution < 1.29 is 19.5 Å². The molecule has 0 aliphatic carbocycles. The number of H-pyrrole nitrogens is 3. The van der Waals surface area contributed by atoms with E-state index in [1.54, 1.807) is 0 Å². The van der Waals surface area contributed by atoms with Crippen LogP contribution in [0.1, 0.15) is 101 Å². The van der Waals surface area contributed by atoms with Gasteiger partial charge in [0.2, 0.25) is 11.8 Å². The number of rotatable bonds is 20. The minimum Gasteiger partial charge on any atom is -0.479 e. The highest BCUT2D eigenvalue weighted by molar-refractivity contribution is 5.92. The number of carboxylic acid groups (broad SMARTS) is 1. The fourth-order valence-electron chi connectivity index (χ4n) is 4.12. The molecule has 3 heterocycles. The highest BCUT2D eigenvalue weighted by atomic mass is 16.4. The van der Waals surface area contributed by atoms with E-state index >= 15 is 0 Å². The summed E-state index contributed by atoms with van der Waals surface area (Å²) in [6, 6.07) is -3.43. The molecule has 246 valence electrons. The van der Waals surface area contributed by atoms with Gasteiger partial charge in [-0.25, -0.2) is 19.7 Å². The summed E-state index contributed by atoms with van der Waals surface area (Å²) >= 11 is 0. The molecule has 0 aromatic carbocycles. The van der Waals surface area contributed by atoms with Crippen molar-refractivity contribution in [1.29, 1.82) is 0 Å². The van der Waals surface area contributed by atoms with Crippen LogP contribution in [0.2, 0.25) is 0 Å². The van der Waals surface area contributed by atoms with Gasteiger partial charge in [-0.15, -0.1) is 0 Å². The van der Waals surface area contributed by atoms with Gasteiger partial charge >= 0.3 is 5.97 Å². The van der Waals surface area contributed by atoms with Gasteiger partial charge in [0.15, 0.2) is 6.04 Å². The van der Waals surface area contributed by atoms with E-state index in [1.165, 1.54) is 37.6 Å². The number of amides is 2. The zero-order chi connectivity index (χ0) is 32.6. The topological polar surface area (TPSA) is 232 Å². The van der Waals surface area contributed by atoms with Crippen LogP contribution in [0.25, 0.3) is 0 Å². The van der Waals surface area contributed by atoms with E-state index in [2.05, 4.69) is 51.2 Å². The summed E-state index contributed by atoms with van der Waals surface area (Å²) < 4.78 is 0. The summed E-state index contributed by atoms with van der Waals surface area (Å²) in [5.74, 6) is -2.51. The van der Waals surface area contributed by atoms with Crippen molar-refractivity contribution in [2.75, 3.05) is 26.2 Å². The number of aromatic amines is 3. The molecule has 0 radical (unpaired) electrons. The molecule has 3 unspecified atom stereocenters. The van der Waals surface area contributed by atoms with Gasteiger partial charge in [0.25, 0.3) is 0 Å². The van der Waals surface area contributed by atoms with Crippen LogP contribution in [-0.2, 0) is 14.4 Å². The largest absolute Gasteiger partial charge is 0.479 e. The molecule has 3 aromatic rings. The van der Waals surface area contributed by atoms with E-state index in [-0.39, 0.29) is 5.69 Å². The number of aromatic nitrogens is 6. The smallest absolute Gasteiger partial charge is 0.332 e. The fourth-order valence-corrected chi connectivity index (χ4v) is 4.12. The Morgan fingerprint density at radius 2 is 1.11 bits per heavy atom. The lowest BCUT2D eigenvalue weighted by Gasteiger charge is -2.23. The van der Waals surface area contributed by atoms with Gasteiger partial charge in [-0.3, -0.25) is 9.59 Å². The van der Waals surface area contributed by atoms with Crippen LogP contribution < -0.4 is 27.0 Å². The molecule has 0 aliphatic rings. The van der Waals surface area contributed by atoms with E-state index in [0.29, 0.717) is 17.9 Å². The Hall–Kier alpha value is -4.08. The molecule has 15 nitrogen and oxygen atoms in total. The standard InChI is InChI=1S/C25H39N11O4.2C2H6/c26-7-3-6-9-27-8-4-1-2-5-10-31-20(17-11-28-14-32-17)23(37)35-21(18-12-29-15-33-18)24(38)36-22(25(39)40)19-13-30-16-34-19;2*1-2/h11-16,20-22,27,31H,1-10,26H2,(H,28,32)(H,29,33)(H,30,34)(H,35,37)(H,36,38)(H,39,40);2*1-2H3. The lowest BCUT2D eigenvalue weighted by Crippen LogP contribution is -2.47. The molecule has 0 aliphatic heterocycles. The number of aliphatic carboxylic acids is 1. The molecule has 0 saturated heterocycles.